The molecule has 4 rings (SSSR count). The van der Waals surface area contributed by atoms with Gasteiger partial charge < -0.3 is 19.5 Å². The zero-order valence-electron chi connectivity index (χ0n) is 17.5. The van der Waals surface area contributed by atoms with Crippen LogP contribution in [0.1, 0.15) is 52.4 Å². The summed E-state index contributed by atoms with van der Waals surface area (Å²) in [7, 11) is 0. The summed E-state index contributed by atoms with van der Waals surface area (Å²) in [5.41, 5.74) is 0.595. The molecular formula is C23H26BrN3O4. The highest BCUT2D eigenvalue weighted by Gasteiger charge is 2.38. The van der Waals surface area contributed by atoms with Crippen LogP contribution in [0, 0.1) is 6.92 Å². The number of carbonyl (C=O) groups is 3. The van der Waals surface area contributed by atoms with Gasteiger partial charge in [0.25, 0.3) is 11.8 Å². The standard InChI is InChI=1S/C23H26BrN3O4/c1-15-4-9-20(31-15)21(28)25-18-10-13-26(14-11-18)23(30)19-3-2-12-27(19)22(29)16-5-7-17(24)8-6-16/h4-9,18-19H,2-3,10-14H2,1H3,(H,25,28). The number of rotatable bonds is 4. The minimum Gasteiger partial charge on any atom is -0.456 e. The van der Waals surface area contributed by atoms with Crippen LogP contribution in [0.4, 0.5) is 0 Å². The molecule has 3 heterocycles. The number of hydrogen-bond acceptors (Lipinski definition) is 4. The molecule has 2 fully saturated rings. The maximum absolute atomic E-state index is 13.2. The molecule has 8 heteroatoms. The number of amides is 3. The van der Waals surface area contributed by atoms with Crippen LogP contribution in [0.15, 0.2) is 45.3 Å². The minimum absolute atomic E-state index is 0.00559. The second-order valence-electron chi connectivity index (χ2n) is 8.15. The summed E-state index contributed by atoms with van der Waals surface area (Å²) < 4.78 is 6.29. The molecule has 1 aromatic carbocycles. The van der Waals surface area contributed by atoms with Crippen LogP contribution in [0.3, 0.4) is 0 Å². The Morgan fingerprint density at radius 3 is 2.35 bits per heavy atom. The average molecular weight is 488 g/mol. The fourth-order valence-electron chi connectivity index (χ4n) is 4.29. The van der Waals surface area contributed by atoms with Gasteiger partial charge in [0.1, 0.15) is 11.8 Å². The summed E-state index contributed by atoms with van der Waals surface area (Å²) in [6.07, 6.45) is 2.89. The van der Waals surface area contributed by atoms with Gasteiger partial charge in [-0.3, -0.25) is 14.4 Å². The lowest BCUT2D eigenvalue weighted by Gasteiger charge is -2.35. The summed E-state index contributed by atoms with van der Waals surface area (Å²) in [6, 6.07) is 10.3. The van der Waals surface area contributed by atoms with Crippen molar-refractivity contribution in [1.29, 1.82) is 0 Å². The van der Waals surface area contributed by atoms with E-state index in [1.54, 1.807) is 36.1 Å². The fraction of sp³-hybridized carbons (Fsp3) is 0.435. The van der Waals surface area contributed by atoms with E-state index in [1.165, 1.54) is 0 Å². The predicted molar refractivity (Wildman–Crippen MR) is 119 cm³/mol. The minimum atomic E-state index is -0.409. The van der Waals surface area contributed by atoms with Gasteiger partial charge in [0.2, 0.25) is 5.91 Å². The third kappa shape index (κ3) is 4.84. The molecule has 0 aliphatic carbocycles. The molecule has 2 aliphatic heterocycles. The van der Waals surface area contributed by atoms with Gasteiger partial charge in [-0.2, -0.15) is 0 Å². The SMILES string of the molecule is Cc1ccc(C(=O)NC2CCN(C(=O)C3CCCN3C(=O)c3ccc(Br)cc3)CC2)o1. The molecule has 7 nitrogen and oxygen atoms in total. The summed E-state index contributed by atoms with van der Waals surface area (Å²) in [5, 5.41) is 2.99. The molecule has 0 saturated carbocycles. The van der Waals surface area contributed by atoms with Gasteiger partial charge in [0.15, 0.2) is 5.76 Å². The Morgan fingerprint density at radius 1 is 1.00 bits per heavy atom. The van der Waals surface area contributed by atoms with E-state index in [0.717, 1.165) is 10.9 Å². The van der Waals surface area contributed by atoms with E-state index >= 15 is 0 Å². The normalized spacial score (nSPS) is 19.5. The van der Waals surface area contributed by atoms with E-state index in [0.29, 0.717) is 56.0 Å². The summed E-state index contributed by atoms with van der Waals surface area (Å²) >= 11 is 3.38. The summed E-state index contributed by atoms with van der Waals surface area (Å²) in [6.45, 7) is 3.53. The van der Waals surface area contributed by atoms with Crippen molar-refractivity contribution in [3.63, 3.8) is 0 Å². The van der Waals surface area contributed by atoms with Gasteiger partial charge in [0, 0.05) is 35.7 Å². The highest BCUT2D eigenvalue weighted by atomic mass is 79.9. The first kappa shape index (κ1) is 21.6. The first-order valence-corrected chi connectivity index (χ1v) is 11.4. The zero-order chi connectivity index (χ0) is 22.0. The smallest absolute Gasteiger partial charge is 0.287 e. The molecule has 0 spiro atoms. The summed E-state index contributed by atoms with van der Waals surface area (Å²) in [4.78, 5) is 42.0. The topological polar surface area (TPSA) is 82.9 Å². The molecule has 1 unspecified atom stereocenters. The Kier molecular flexibility index (Phi) is 6.46. The maximum atomic E-state index is 13.2. The Labute approximate surface area is 189 Å². The number of piperidine rings is 1. The van der Waals surface area contributed by atoms with E-state index in [4.69, 9.17) is 4.42 Å². The Balaban J connectivity index is 1.33. The highest BCUT2D eigenvalue weighted by Crippen LogP contribution is 2.24. The molecule has 1 aromatic heterocycles. The number of likely N-dealkylation sites (tertiary alicyclic amines) is 2. The lowest BCUT2D eigenvalue weighted by atomic mass is 10.0. The highest BCUT2D eigenvalue weighted by molar-refractivity contribution is 9.10. The van der Waals surface area contributed by atoms with Gasteiger partial charge in [-0.15, -0.1) is 0 Å². The molecule has 1 N–H and O–H groups in total. The molecular weight excluding hydrogens is 462 g/mol. The second kappa shape index (κ2) is 9.26. The van der Waals surface area contributed by atoms with Crippen molar-refractivity contribution in [2.24, 2.45) is 0 Å². The Bertz CT molecular complexity index is 963. The Hall–Kier alpha value is -2.61. The van der Waals surface area contributed by atoms with E-state index in [-0.39, 0.29) is 23.8 Å². The van der Waals surface area contributed by atoms with Crippen molar-refractivity contribution in [3.05, 3.63) is 58.0 Å². The van der Waals surface area contributed by atoms with E-state index in [2.05, 4.69) is 21.2 Å². The number of nitrogens with one attached hydrogen (secondary N) is 1. The molecule has 31 heavy (non-hydrogen) atoms. The molecule has 164 valence electrons. The van der Waals surface area contributed by atoms with Crippen LogP contribution in [-0.2, 0) is 4.79 Å². The third-order valence-electron chi connectivity index (χ3n) is 6.00. The van der Waals surface area contributed by atoms with E-state index < -0.39 is 6.04 Å². The van der Waals surface area contributed by atoms with Gasteiger partial charge in [-0.05, 0) is 69.0 Å². The molecule has 0 radical (unpaired) electrons. The number of furan rings is 1. The average Bonchev–Trinajstić information content (AvgIpc) is 3.43. The van der Waals surface area contributed by atoms with Crippen LogP contribution in [-0.4, -0.2) is 59.2 Å². The number of benzene rings is 1. The lowest BCUT2D eigenvalue weighted by molar-refractivity contribution is -0.136. The second-order valence-corrected chi connectivity index (χ2v) is 9.06. The Morgan fingerprint density at radius 2 is 1.71 bits per heavy atom. The van der Waals surface area contributed by atoms with Crippen molar-refractivity contribution in [2.45, 2.75) is 44.7 Å². The number of halogens is 1. The van der Waals surface area contributed by atoms with Crippen molar-refractivity contribution < 1.29 is 18.8 Å². The number of hydrogen-bond donors (Lipinski definition) is 1. The first-order valence-electron chi connectivity index (χ1n) is 10.6. The molecule has 2 saturated heterocycles. The van der Waals surface area contributed by atoms with Crippen LogP contribution >= 0.6 is 15.9 Å². The summed E-state index contributed by atoms with van der Waals surface area (Å²) in [5.74, 6) is 0.696. The quantitative estimate of drug-likeness (QED) is 0.716. The maximum Gasteiger partial charge on any atom is 0.287 e. The molecule has 1 atom stereocenters. The molecule has 3 amide bonds. The van der Waals surface area contributed by atoms with Crippen molar-refractivity contribution in [2.75, 3.05) is 19.6 Å². The number of nitrogens with zero attached hydrogens (tertiary/aromatic N) is 2. The monoisotopic (exact) mass is 487 g/mol. The van der Waals surface area contributed by atoms with Crippen LogP contribution in [0.25, 0.3) is 0 Å². The van der Waals surface area contributed by atoms with Crippen molar-refractivity contribution >= 4 is 33.7 Å². The molecule has 2 aromatic rings. The largest absolute Gasteiger partial charge is 0.456 e. The van der Waals surface area contributed by atoms with Gasteiger partial charge in [0.05, 0.1) is 0 Å². The van der Waals surface area contributed by atoms with Crippen LogP contribution in [0.2, 0.25) is 0 Å². The first-order chi connectivity index (χ1) is 14.9. The van der Waals surface area contributed by atoms with Crippen LogP contribution < -0.4 is 5.32 Å². The molecule has 0 bridgehead atoms. The van der Waals surface area contributed by atoms with Gasteiger partial charge in [-0.25, -0.2) is 0 Å². The zero-order valence-corrected chi connectivity index (χ0v) is 19.1. The van der Waals surface area contributed by atoms with Crippen LogP contribution in [0.5, 0.6) is 0 Å². The van der Waals surface area contributed by atoms with Gasteiger partial charge in [-0.1, -0.05) is 15.9 Å². The van der Waals surface area contributed by atoms with Crippen molar-refractivity contribution in [1.82, 2.24) is 15.1 Å². The lowest BCUT2D eigenvalue weighted by Crippen LogP contribution is -2.52. The van der Waals surface area contributed by atoms with E-state index in [1.807, 2.05) is 17.0 Å². The van der Waals surface area contributed by atoms with Gasteiger partial charge >= 0.3 is 0 Å². The van der Waals surface area contributed by atoms with Crippen molar-refractivity contribution in [3.8, 4) is 0 Å². The number of aryl methyl sites for hydroxylation is 1. The fourth-order valence-corrected chi connectivity index (χ4v) is 4.56. The molecule has 2 aliphatic rings. The predicted octanol–water partition coefficient (Wildman–Crippen LogP) is 3.38. The number of carbonyl (C=O) groups excluding carboxylic acids is 3. The third-order valence-corrected chi connectivity index (χ3v) is 6.52. The van der Waals surface area contributed by atoms with E-state index in [9.17, 15) is 14.4 Å².